The van der Waals surface area contributed by atoms with Gasteiger partial charge in [-0.25, -0.2) is 4.79 Å². The molecule has 0 saturated heterocycles. The van der Waals surface area contributed by atoms with E-state index < -0.39 is 5.41 Å². The predicted octanol–water partition coefficient (Wildman–Crippen LogP) is 8.59. The second-order valence-corrected chi connectivity index (χ2v) is 17.0. The Morgan fingerprint density at radius 1 is 0.848 bits per heavy atom. The summed E-state index contributed by atoms with van der Waals surface area (Å²) in [5.74, 6) is 0.920. The van der Waals surface area contributed by atoms with Crippen molar-refractivity contribution >= 4 is 17.9 Å². The molecule has 5 saturated carbocycles. The first kappa shape index (κ1) is 33.3. The van der Waals surface area contributed by atoms with Crippen molar-refractivity contribution in [3.05, 3.63) is 48.0 Å². The summed E-state index contributed by atoms with van der Waals surface area (Å²) in [5, 5.41) is 0. The Kier molecular flexibility index (Phi) is 8.33. The fraction of sp³-hybridized carbons (Fsp3) is 0.725. The summed E-state index contributed by atoms with van der Waals surface area (Å²) in [6.45, 7) is 18.1. The standard InChI is InChI=1S/C40H56O6/c1-25(2)28-16-21-39(35(43)44-8)22-23-40(24-45-34(42)27-12-10-9-11-13-27)29(33(28)39)14-15-31-37(6)19-18-32(46-26(3)41)36(4,5)30(37)17-20-38(31,40)7/h9-13,28-33H,1,14-24H2,2-8H3/t28-,29-,30+,31+,32-,33+,37+,38+,39-,40-/m0/s1. The number of carbonyl (C=O) groups is 3. The quantitative estimate of drug-likeness (QED) is 0.178. The second-order valence-electron chi connectivity index (χ2n) is 17.0. The first-order valence-corrected chi connectivity index (χ1v) is 17.8. The minimum atomic E-state index is -0.510. The van der Waals surface area contributed by atoms with Crippen LogP contribution in [-0.4, -0.2) is 37.7 Å². The topological polar surface area (TPSA) is 78.9 Å². The van der Waals surface area contributed by atoms with Crippen molar-refractivity contribution < 1.29 is 28.6 Å². The molecule has 1 aromatic rings. The molecule has 6 nitrogen and oxygen atoms in total. The molecule has 0 radical (unpaired) electrons. The van der Waals surface area contributed by atoms with Crippen LogP contribution < -0.4 is 0 Å². The van der Waals surface area contributed by atoms with Gasteiger partial charge < -0.3 is 14.2 Å². The average Bonchev–Trinajstić information content (AvgIpc) is 3.42. The van der Waals surface area contributed by atoms with Gasteiger partial charge in [0.05, 0.1) is 24.7 Å². The molecule has 5 aliphatic rings. The fourth-order valence-electron chi connectivity index (χ4n) is 13.1. The van der Waals surface area contributed by atoms with Crippen molar-refractivity contribution in [1.29, 1.82) is 0 Å². The van der Waals surface area contributed by atoms with Crippen LogP contribution in [0.4, 0.5) is 0 Å². The lowest BCUT2D eigenvalue weighted by atomic mass is 9.32. The predicted molar refractivity (Wildman–Crippen MR) is 178 cm³/mol. The summed E-state index contributed by atoms with van der Waals surface area (Å²) in [7, 11) is 1.54. The Labute approximate surface area is 276 Å². The SMILES string of the molecule is C=C(C)[C@@H]1CC[C@]2(C(=O)OC)CC[C@]3(COC(=O)c4ccccc4)[C@@H](CC[C@@H]4[C@]5(C)CC[C@H](OC(C)=O)C(C)(C)[C@H]5CC[C@]43C)[C@@H]12. The van der Waals surface area contributed by atoms with Gasteiger partial charge in [0.25, 0.3) is 0 Å². The Hall–Kier alpha value is -2.63. The number of hydrogen-bond donors (Lipinski definition) is 0. The highest BCUT2D eigenvalue weighted by atomic mass is 16.5. The van der Waals surface area contributed by atoms with Crippen LogP contribution in [0.25, 0.3) is 0 Å². The fourth-order valence-corrected chi connectivity index (χ4v) is 13.1. The van der Waals surface area contributed by atoms with Crippen LogP contribution in [-0.2, 0) is 23.8 Å². The van der Waals surface area contributed by atoms with Gasteiger partial charge in [0.2, 0.25) is 0 Å². The van der Waals surface area contributed by atoms with Crippen LogP contribution in [0, 0.1) is 56.7 Å². The number of ether oxygens (including phenoxy) is 3. The number of rotatable bonds is 6. The molecule has 1 aromatic carbocycles. The minimum absolute atomic E-state index is 0.0644. The van der Waals surface area contributed by atoms with E-state index in [1.54, 1.807) is 7.11 Å². The van der Waals surface area contributed by atoms with Crippen molar-refractivity contribution in [1.82, 2.24) is 0 Å². The van der Waals surface area contributed by atoms with E-state index in [4.69, 9.17) is 14.2 Å². The van der Waals surface area contributed by atoms with Crippen molar-refractivity contribution in [2.75, 3.05) is 13.7 Å². The summed E-state index contributed by atoms with van der Waals surface area (Å²) < 4.78 is 18.0. The number of hydrogen-bond acceptors (Lipinski definition) is 6. The van der Waals surface area contributed by atoms with Crippen molar-refractivity contribution in [3.63, 3.8) is 0 Å². The van der Waals surface area contributed by atoms with Gasteiger partial charge in [-0.2, -0.15) is 0 Å². The maximum atomic E-state index is 13.8. The van der Waals surface area contributed by atoms with Gasteiger partial charge in [-0.05, 0) is 124 Å². The molecule has 0 N–H and O–H groups in total. The van der Waals surface area contributed by atoms with Gasteiger partial charge in [-0.1, -0.05) is 58.0 Å². The lowest BCUT2D eigenvalue weighted by Crippen LogP contribution is -2.69. The number of carbonyl (C=O) groups excluding carboxylic acids is 3. The molecule has 0 heterocycles. The normalized spacial score (nSPS) is 42.3. The van der Waals surface area contributed by atoms with Crippen LogP contribution in [0.1, 0.15) is 116 Å². The molecule has 6 heteroatoms. The van der Waals surface area contributed by atoms with Crippen LogP contribution in [0.15, 0.2) is 42.5 Å². The molecule has 10 atom stereocenters. The van der Waals surface area contributed by atoms with E-state index in [9.17, 15) is 14.4 Å². The Morgan fingerprint density at radius 3 is 2.22 bits per heavy atom. The van der Waals surface area contributed by atoms with Gasteiger partial charge in [0, 0.05) is 17.8 Å². The molecule has 5 aliphatic carbocycles. The zero-order valence-corrected chi connectivity index (χ0v) is 29.3. The molecule has 0 bridgehead atoms. The Balaban J connectivity index is 1.44. The summed E-state index contributed by atoms with van der Waals surface area (Å²) in [6.07, 6.45) is 9.40. The lowest BCUT2D eigenvalue weighted by Gasteiger charge is -2.73. The van der Waals surface area contributed by atoms with Gasteiger partial charge in [0.15, 0.2) is 0 Å². The largest absolute Gasteiger partial charge is 0.469 e. The molecule has 0 aliphatic heterocycles. The van der Waals surface area contributed by atoms with Gasteiger partial charge in [-0.3, -0.25) is 9.59 Å². The van der Waals surface area contributed by atoms with E-state index in [1.165, 1.54) is 6.92 Å². The van der Waals surface area contributed by atoms with Crippen molar-refractivity contribution in [2.24, 2.45) is 56.7 Å². The minimum Gasteiger partial charge on any atom is -0.469 e. The first-order valence-electron chi connectivity index (χ1n) is 17.8. The third-order valence-electron chi connectivity index (χ3n) is 15.0. The Bertz CT molecular complexity index is 1380. The monoisotopic (exact) mass is 632 g/mol. The highest BCUT2D eigenvalue weighted by Gasteiger charge is 2.74. The van der Waals surface area contributed by atoms with Crippen LogP contribution in [0.3, 0.4) is 0 Å². The summed E-state index contributed by atoms with van der Waals surface area (Å²) >= 11 is 0. The van der Waals surface area contributed by atoms with Crippen LogP contribution in [0.5, 0.6) is 0 Å². The van der Waals surface area contributed by atoms with E-state index in [-0.39, 0.29) is 63.4 Å². The highest BCUT2D eigenvalue weighted by Crippen LogP contribution is 2.78. The molecule has 46 heavy (non-hydrogen) atoms. The molecule has 0 aromatic heterocycles. The summed E-state index contributed by atoms with van der Waals surface area (Å²) in [6, 6.07) is 9.34. The van der Waals surface area contributed by atoms with E-state index in [0.29, 0.717) is 24.0 Å². The number of fused-ring (bicyclic) bond motifs is 7. The van der Waals surface area contributed by atoms with Crippen LogP contribution >= 0.6 is 0 Å². The highest BCUT2D eigenvalue weighted by molar-refractivity contribution is 5.89. The van der Waals surface area contributed by atoms with E-state index >= 15 is 0 Å². The molecule has 252 valence electrons. The molecular formula is C40H56O6. The summed E-state index contributed by atoms with van der Waals surface area (Å²) in [4.78, 5) is 39.5. The Morgan fingerprint density at radius 2 is 1.57 bits per heavy atom. The van der Waals surface area contributed by atoms with E-state index in [2.05, 4.69) is 41.2 Å². The molecule has 5 fully saturated rings. The zero-order valence-electron chi connectivity index (χ0n) is 29.3. The molecule has 0 unspecified atom stereocenters. The van der Waals surface area contributed by atoms with Crippen LogP contribution in [0.2, 0.25) is 0 Å². The number of esters is 3. The van der Waals surface area contributed by atoms with Gasteiger partial charge in [-0.15, -0.1) is 0 Å². The molecule has 6 rings (SSSR count). The average molecular weight is 633 g/mol. The number of benzene rings is 1. The third-order valence-corrected chi connectivity index (χ3v) is 15.0. The van der Waals surface area contributed by atoms with E-state index in [1.807, 2.05) is 30.3 Å². The third kappa shape index (κ3) is 4.65. The molecular weight excluding hydrogens is 576 g/mol. The van der Waals surface area contributed by atoms with Crippen molar-refractivity contribution in [2.45, 2.75) is 112 Å². The van der Waals surface area contributed by atoms with Gasteiger partial charge in [0.1, 0.15) is 6.10 Å². The maximum absolute atomic E-state index is 13.8. The maximum Gasteiger partial charge on any atom is 0.338 e. The van der Waals surface area contributed by atoms with Crippen molar-refractivity contribution in [3.8, 4) is 0 Å². The molecule has 0 spiro atoms. The smallest absolute Gasteiger partial charge is 0.338 e. The number of allylic oxidation sites excluding steroid dienone is 1. The first-order chi connectivity index (χ1) is 21.7. The van der Waals surface area contributed by atoms with E-state index in [0.717, 1.165) is 69.8 Å². The lowest BCUT2D eigenvalue weighted by molar-refractivity contribution is -0.263. The second kappa shape index (κ2) is 11.5. The molecule has 0 amide bonds. The van der Waals surface area contributed by atoms with Gasteiger partial charge >= 0.3 is 17.9 Å². The zero-order chi connectivity index (χ0) is 33.3. The summed E-state index contributed by atoms with van der Waals surface area (Å²) in [5.41, 5.74) is 0.792. The number of methoxy groups -OCH3 is 1.